The van der Waals surface area contributed by atoms with Gasteiger partial charge in [0.15, 0.2) is 0 Å². The van der Waals surface area contributed by atoms with Crippen LogP contribution in [0.1, 0.15) is 66.8 Å². The molecule has 7 rings (SSSR count). The minimum Gasteiger partial charge on any atom is -0.0587 e. The molecular formula is C45H42. The Morgan fingerprint density at radius 1 is 0.333 bits per heavy atom. The predicted octanol–water partition coefficient (Wildman–Crippen LogP) is 11.9. The lowest BCUT2D eigenvalue weighted by Gasteiger charge is -2.36. The highest BCUT2D eigenvalue weighted by atomic mass is 14.5. The second kappa shape index (κ2) is 10.7. The third-order valence-corrected chi connectivity index (χ3v) is 10.4. The van der Waals surface area contributed by atoms with Crippen molar-refractivity contribution in [1.29, 1.82) is 0 Å². The van der Waals surface area contributed by atoms with Gasteiger partial charge >= 0.3 is 0 Å². The molecule has 1 aliphatic rings. The molecule has 222 valence electrons. The van der Waals surface area contributed by atoms with Crippen molar-refractivity contribution in [3.8, 4) is 33.4 Å². The van der Waals surface area contributed by atoms with Crippen LogP contribution in [0.5, 0.6) is 0 Å². The minimum absolute atomic E-state index is 0.474. The standard InChI is InChI=1S/C45H42/c1-27-9-15-35(16-10-27)41-25-37(23-31(5)33(41)7)45(38-24-32(6)34(8)42(26-38)36-17-11-28(2)12-18-36)43-21-29(3)13-19-39(43)40-20-14-30(4)22-44(40)45/h9-26H,1-8H3. The first-order valence-electron chi connectivity index (χ1n) is 16.2. The lowest BCUT2D eigenvalue weighted by molar-refractivity contribution is 0.764. The topological polar surface area (TPSA) is 0 Å². The number of fused-ring (bicyclic) bond motifs is 3. The summed E-state index contributed by atoms with van der Waals surface area (Å²) in [5.74, 6) is 0. The van der Waals surface area contributed by atoms with Gasteiger partial charge in [-0.2, -0.15) is 0 Å². The molecule has 0 N–H and O–H groups in total. The van der Waals surface area contributed by atoms with Crippen LogP contribution in [0.2, 0.25) is 0 Å². The van der Waals surface area contributed by atoms with Crippen LogP contribution in [-0.4, -0.2) is 0 Å². The zero-order valence-corrected chi connectivity index (χ0v) is 27.9. The van der Waals surface area contributed by atoms with E-state index in [0.29, 0.717) is 0 Å². The Morgan fingerprint density at radius 3 is 1.07 bits per heavy atom. The Morgan fingerprint density at radius 2 is 0.689 bits per heavy atom. The quantitative estimate of drug-likeness (QED) is 0.194. The maximum absolute atomic E-state index is 2.50. The average molecular weight is 583 g/mol. The lowest BCUT2D eigenvalue weighted by atomic mass is 9.65. The molecular weight excluding hydrogens is 540 g/mol. The summed E-state index contributed by atoms with van der Waals surface area (Å²) in [5, 5.41) is 0. The van der Waals surface area contributed by atoms with E-state index in [1.807, 2.05) is 0 Å². The molecule has 6 aromatic carbocycles. The summed E-state index contributed by atoms with van der Waals surface area (Å²) in [4.78, 5) is 0. The minimum atomic E-state index is -0.474. The summed E-state index contributed by atoms with van der Waals surface area (Å²) in [7, 11) is 0. The summed E-state index contributed by atoms with van der Waals surface area (Å²) in [6.45, 7) is 17.9. The second-order valence-electron chi connectivity index (χ2n) is 13.5. The van der Waals surface area contributed by atoms with Gasteiger partial charge in [-0.05, 0) is 145 Å². The summed E-state index contributed by atoms with van der Waals surface area (Å²) >= 11 is 0. The predicted molar refractivity (Wildman–Crippen MR) is 193 cm³/mol. The molecule has 0 bridgehead atoms. The van der Waals surface area contributed by atoms with Crippen LogP contribution in [0.4, 0.5) is 0 Å². The van der Waals surface area contributed by atoms with Gasteiger partial charge in [-0.3, -0.25) is 0 Å². The molecule has 0 fully saturated rings. The van der Waals surface area contributed by atoms with Gasteiger partial charge in [-0.15, -0.1) is 0 Å². The van der Waals surface area contributed by atoms with Crippen molar-refractivity contribution in [3.05, 3.63) is 176 Å². The Kier molecular flexibility index (Phi) is 6.93. The van der Waals surface area contributed by atoms with E-state index in [1.165, 1.54) is 100 Å². The lowest BCUT2D eigenvalue weighted by Crippen LogP contribution is -2.29. The van der Waals surface area contributed by atoms with Gasteiger partial charge in [0.1, 0.15) is 0 Å². The molecule has 0 unspecified atom stereocenters. The van der Waals surface area contributed by atoms with Crippen molar-refractivity contribution in [2.75, 3.05) is 0 Å². The van der Waals surface area contributed by atoms with Crippen molar-refractivity contribution in [1.82, 2.24) is 0 Å². The molecule has 0 heteroatoms. The summed E-state index contributed by atoms with van der Waals surface area (Å²) in [5.41, 5.74) is 23.2. The monoisotopic (exact) mass is 582 g/mol. The molecule has 0 aromatic heterocycles. The van der Waals surface area contributed by atoms with Crippen LogP contribution in [0.25, 0.3) is 33.4 Å². The molecule has 0 nitrogen and oxygen atoms in total. The van der Waals surface area contributed by atoms with E-state index in [2.05, 4.69) is 165 Å². The van der Waals surface area contributed by atoms with Crippen molar-refractivity contribution < 1.29 is 0 Å². The molecule has 0 amide bonds. The molecule has 0 spiro atoms. The van der Waals surface area contributed by atoms with Crippen LogP contribution < -0.4 is 0 Å². The fourth-order valence-corrected chi connectivity index (χ4v) is 7.56. The zero-order valence-electron chi connectivity index (χ0n) is 27.9. The molecule has 0 heterocycles. The Balaban J connectivity index is 1.64. The van der Waals surface area contributed by atoms with Gasteiger partial charge in [0.2, 0.25) is 0 Å². The number of benzene rings is 6. The van der Waals surface area contributed by atoms with Gasteiger partial charge < -0.3 is 0 Å². The molecule has 0 saturated heterocycles. The van der Waals surface area contributed by atoms with Gasteiger partial charge in [-0.1, -0.05) is 119 Å². The van der Waals surface area contributed by atoms with E-state index in [1.54, 1.807) is 0 Å². The molecule has 0 aliphatic heterocycles. The van der Waals surface area contributed by atoms with Crippen LogP contribution >= 0.6 is 0 Å². The zero-order chi connectivity index (χ0) is 31.6. The molecule has 0 saturated carbocycles. The van der Waals surface area contributed by atoms with Gasteiger partial charge in [-0.25, -0.2) is 0 Å². The highest BCUT2D eigenvalue weighted by Gasteiger charge is 2.47. The number of hydrogen-bond donors (Lipinski definition) is 0. The first-order chi connectivity index (χ1) is 21.6. The normalized spacial score (nSPS) is 13.1. The van der Waals surface area contributed by atoms with E-state index in [0.717, 1.165) is 0 Å². The first-order valence-corrected chi connectivity index (χ1v) is 16.2. The van der Waals surface area contributed by atoms with Crippen molar-refractivity contribution in [2.24, 2.45) is 0 Å². The van der Waals surface area contributed by atoms with E-state index in [4.69, 9.17) is 0 Å². The van der Waals surface area contributed by atoms with Crippen LogP contribution in [0.15, 0.2) is 109 Å². The molecule has 0 atom stereocenters. The molecule has 45 heavy (non-hydrogen) atoms. The summed E-state index contributed by atoms with van der Waals surface area (Å²) in [6, 6.07) is 42.1. The van der Waals surface area contributed by atoms with Crippen LogP contribution in [0, 0.1) is 55.4 Å². The first kappa shape index (κ1) is 29.1. The van der Waals surface area contributed by atoms with Crippen LogP contribution in [-0.2, 0) is 5.41 Å². The van der Waals surface area contributed by atoms with E-state index >= 15 is 0 Å². The fraction of sp³-hybridized carbons (Fsp3) is 0.200. The highest BCUT2D eigenvalue weighted by Crippen LogP contribution is 2.58. The Hall–Kier alpha value is -4.68. The number of aryl methyl sites for hydroxylation is 6. The largest absolute Gasteiger partial charge is 0.0714 e. The SMILES string of the molecule is Cc1ccc(-c2cc(C3(c4cc(C)c(C)c(-c5ccc(C)cc5)c4)c4cc(C)ccc4-c4ccc(C)cc43)cc(C)c2C)cc1. The molecule has 1 aliphatic carbocycles. The van der Waals surface area contributed by atoms with Crippen molar-refractivity contribution >= 4 is 0 Å². The average Bonchev–Trinajstić information content (AvgIpc) is 3.30. The maximum atomic E-state index is 2.50. The van der Waals surface area contributed by atoms with E-state index < -0.39 is 5.41 Å². The number of rotatable bonds is 4. The summed E-state index contributed by atoms with van der Waals surface area (Å²) in [6.07, 6.45) is 0. The van der Waals surface area contributed by atoms with Crippen LogP contribution in [0.3, 0.4) is 0 Å². The number of hydrogen-bond acceptors (Lipinski definition) is 0. The van der Waals surface area contributed by atoms with Gasteiger partial charge in [0.25, 0.3) is 0 Å². The van der Waals surface area contributed by atoms with E-state index in [-0.39, 0.29) is 0 Å². The second-order valence-corrected chi connectivity index (χ2v) is 13.5. The van der Waals surface area contributed by atoms with Crippen molar-refractivity contribution in [3.63, 3.8) is 0 Å². The smallest absolute Gasteiger partial charge is 0.0587 e. The third kappa shape index (κ3) is 4.58. The maximum Gasteiger partial charge on any atom is 0.0714 e. The summed E-state index contributed by atoms with van der Waals surface area (Å²) < 4.78 is 0. The fourth-order valence-electron chi connectivity index (χ4n) is 7.56. The molecule has 6 aromatic rings. The van der Waals surface area contributed by atoms with E-state index in [9.17, 15) is 0 Å². The Bertz CT molecular complexity index is 1950. The Labute approximate surface area is 269 Å². The van der Waals surface area contributed by atoms with Gasteiger partial charge in [0.05, 0.1) is 5.41 Å². The molecule has 0 radical (unpaired) electrons. The van der Waals surface area contributed by atoms with Gasteiger partial charge in [0, 0.05) is 0 Å². The highest BCUT2D eigenvalue weighted by molar-refractivity contribution is 5.88. The third-order valence-electron chi connectivity index (χ3n) is 10.4. The van der Waals surface area contributed by atoms with Crippen molar-refractivity contribution in [2.45, 2.75) is 60.8 Å².